The summed E-state index contributed by atoms with van der Waals surface area (Å²) in [4.78, 5) is 0. The van der Waals surface area contributed by atoms with E-state index in [4.69, 9.17) is 10.6 Å². The molecule has 3 heteroatoms. The van der Waals surface area contributed by atoms with Crippen molar-refractivity contribution in [3.63, 3.8) is 0 Å². The van der Waals surface area contributed by atoms with Crippen molar-refractivity contribution in [3.05, 3.63) is 64.7 Å². The van der Waals surface area contributed by atoms with E-state index in [1.807, 2.05) is 12.1 Å². The van der Waals surface area contributed by atoms with Crippen LogP contribution in [0.3, 0.4) is 0 Å². The predicted octanol–water partition coefficient (Wildman–Crippen LogP) is 3.45. The second-order valence-electron chi connectivity index (χ2n) is 5.47. The Morgan fingerprint density at radius 2 is 1.95 bits per heavy atom. The van der Waals surface area contributed by atoms with E-state index in [-0.39, 0.29) is 6.04 Å². The van der Waals surface area contributed by atoms with Crippen molar-refractivity contribution in [2.45, 2.75) is 32.7 Å². The Morgan fingerprint density at radius 3 is 2.57 bits per heavy atom. The third-order valence-electron chi connectivity index (χ3n) is 3.86. The number of benzene rings is 2. The highest BCUT2D eigenvalue weighted by Gasteiger charge is 2.13. The molecule has 3 N–H and O–H groups in total. The number of ether oxygens (including phenoxy) is 1. The van der Waals surface area contributed by atoms with Gasteiger partial charge in [0.2, 0.25) is 0 Å². The van der Waals surface area contributed by atoms with Gasteiger partial charge in [0, 0.05) is 6.04 Å². The summed E-state index contributed by atoms with van der Waals surface area (Å²) in [5, 5.41) is 0. The van der Waals surface area contributed by atoms with E-state index in [2.05, 4.69) is 49.6 Å². The highest BCUT2D eigenvalue weighted by Crippen LogP contribution is 2.25. The molecule has 0 aromatic heterocycles. The lowest BCUT2D eigenvalue weighted by atomic mass is 9.95. The minimum atomic E-state index is 0.149. The monoisotopic (exact) mass is 284 g/mol. The lowest BCUT2D eigenvalue weighted by Crippen LogP contribution is -2.29. The smallest absolute Gasteiger partial charge is 0.119 e. The number of aryl methyl sites for hydroxylation is 3. The van der Waals surface area contributed by atoms with Gasteiger partial charge in [-0.05, 0) is 55.5 Å². The van der Waals surface area contributed by atoms with Crippen LogP contribution in [0.1, 0.15) is 34.7 Å². The highest BCUT2D eigenvalue weighted by atomic mass is 16.5. The molecule has 0 radical (unpaired) electrons. The summed E-state index contributed by atoms with van der Waals surface area (Å²) in [7, 11) is 1.69. The highest BCUT2D eigenvalue weighted by molar-refractivity contribution is 5.36. The van der Waals surface area contributed by atoms with E-state index in [0.29, 0.717) is 0 Å². The Bertz CT molecular complexity index is 596. The van der Waals surface area contributed by atoms with E-state index >= 15 is 0 Å². The Morgan fingerprint density at radius 1 is 1.14 bits per heavy atom. The fourth-order valence-electron chi connectivity index (χ4n) is 2.67. The van der Waals surface area contributed by atoms with Crippen molar-refractivity contribution in [1.82, 2.24) is 5.43 Å². The van der Waals surface area contributed by atoms with Crippen LogP contribution in [0.5, 0.6) is 5.75 Å². The zero-order chi connectivity index (χ0) is 15.2. The predicted molar refractivity (Wildman–Crippen MR) is 87.3 cm³/mol. The summed E-state index contributed by atoms with van der Waals surface area (Å²) in [5.74, 6) is 6.64. The first-order valence-corrected chi connectivity index (χ1v) is 7.30. The normalized spacial score (nSPS) is 12.2. The van der Waals surface area contributed by atoms with Crippen LogP contribution in [-0.4, -0.2) is 7.11 Å². The van der Waals surface area contributed by atoms with Crippen LogP contribution in [0.25, 0.3) is 0 Å². The van der Waals surface area contributed by atoms with Crippen LogP contribution in [0, 0.1) is 13.8 Å². The Balaban J connectivity index is 2.09. The van der Waals surface area contributed by atoms with E-state index in [9.17, 15) is 0 Å². The zero-order valence-electron chi connectivity index (χ0n) is 13.0. The average molecular weight is 284 g/mol. The molecule has 0 aliphatic rings. The summed E-state index contributed by atoms with van der Waals surface area (Å²) in [6, 6.07) is 14.9. The lowest BCUT2D eigenvalue weighted by Gasteiger charge is -2.19. The molecule has 1 unspecified atom stereocenters. The van der Waals surface area contributed by atoms with Gasteiger partial charge in [0.15, 0.2) is 0 Å². The van der Waals surface area contributed by atoms with Gasteiger partial charge in [-0.3, -0.25) is 11.3 Å². The minimum Gasteiger partial charge on any atom is -0.497 e. The number of hydrogen-bond acceptors (Lipinski definition) is 3. The van der Waals surface area contributed by atoms with Crippen LogP contribution < -0.4 is 16.0 Å². The van der Waals surface area contributed by atoms with Gasteiger partial charge >= 0.3 is 0 Å². The maximum absolute atomic E-state index is 5.76. The number of nitrogens with one attached hydrogen (secondary N) is 1. The Hall–Kier alpha value is -1.84. The topological polar surface area (TPSA) is 47.3 Å². The first-order valence-electron chi connectivity index (χ1n) is 7.30. The molecule has 0 aliphatic heterocycles. The second kappa shape index (κ2) is 7.25. The van der Waals surface area contributed by atoms with E-state index in [1.54, 1.807) is 7.11 Å². The molecule has 0 bridgehead atoms. The summed E-state index contributed by atoms with van der Waals surface area (Å²) < 4.78 is 5.25. The quantitative estimate of drug-likeness (QED) is 0.631. The molecule has 2 aromatic rings. The molecule has 0 heterocycles. The van der Waals surface area contributed by atoms with Crippen LogP contribution in [0.2, 0.25) is 0 Å². The maximum Gasteiger partial charge on any atom is 0.119 e. The number of nitrogens with two attached hydrogens (primary N) is 1. The fraction of sp³-hybridized carbons (Fsp3) is 0.333. The van der Waals surface area contributed by atoms with Crippen LogP contribution >= 0.6 is 0 Å². The molecular formula is C18H24N2O. The van der Waals surface area contributed by atoms with Crippen molar-refractivity contribution in [2.75, 3.05) is 7.11 Å². The molecule has 1 atom stereocenters. The first kappa shape index (κ1) is 15.5. The standard InChI is InChI=1S/C18H24N2O/c1-13-5-4-6-15(11-13)7-10-18(20-19)17-9-8-16(21-3)12-14(17)2/h4-6,8-9,11-12,18,20H,7,10,19H2,1-3H3. The number of methoxy groups -OCH3 is 1. The third-order valence-corrected chi connectivity index (χ3v) is 3.86. The van der Waals surface area contributed by atoms with Crippen LogP contribution in [0.4, 0.5) is 0 Å². The number of hydrazine groups is 1. The molecule has 21 heavy (non-hydrogen) atoms. The van der Waals surface area contributed by atoms with E-state index < -0.39 is 0 Å². The second-order valence-corrected chi connectivity index (χ2v) is 5.47. The van der Waals surface area contributed by atoms with Gasteiger partial charge in [-0.25, -0.2) is 0 Å². The fourth-order valence-corrected chi connectivity index (χ4v) is 2.67. The third kappa shape index (κ3) is 4.06. The number of rotatable bonds is 6. The molecule has 2 rings (SSSR count). The average Bonchev–Trinajstić information content (AvgIpc) is 2.49. The Kier molecular flexibility index (Phi) is 5.37. The van der Waals surface area contributed by atoms with Gasteiger partial charge in [-0.1, -0.05) is 35.9 Å². The van der Waals surface area contributed by atoms with Crippen molar-refractivity contribution >= 4 is 0 Å². The molecular weight excluding hydrogens is 260 g/mol. The SMILES string of the molecule is COc1ccc(C(CCc2cccc(C)c2)NN)c(C)c1. The molecule has 0 saturated carbocycles. The molecule has 3 nitrogen and oxygen atoms in total. The van der Waals surface area contributed by atoms with Crippen molar-refractivity contribution < 1.29 is 4.74 Å². The summed E-state index contributed by atoms with van der Waals surface area (Å²) in [6.45, 7) is 4.21. The van der Waals surface area contributed by atoms with Crippen molar-refractivity contribution in [3.8, 4) is 5.75 Å². The minimum absolute atomic E-state index is 0.149. The lowest BCUT2D eigenvalue weighted by molar-refractivity contribution is 0.413. The van der Waals surface area contributed by atoms with Crippen LogP contribution in [-0.2, 0) is 6.42 Å². The zero-order valence-corrected chi connectivity index (χ0v) is 13.0. The summed E-state index contributed by atoms with van der Waals surface area (Å²) >= 11 is 0. The van der Waals surface area contributed by atoms with Gasteiger partial charge in [-0.2, -0.15) is 0 Å². The Labute approximate surface area is 127 Å². The number of hydrogen-bond donors (Lipinski definition) is 2. The van der Waals surface area contributed by atoms with Gasteiger partial charge in [0.05, 0.1) is 7.11 Å². The van der Waals surface area contributed by atoms with Gasteiger partial charge < -0.3 is 4.74 Å². The first-order chi connectivity index (χ1) is 10.1. The largest absolute Gasteiger partial charge is 0.497 e. The summed E-state index contributed by atoms with van der Waals surface area (Å²) in [6.07, 6.45) is 1.97. The molecule has 0 spiro atoms. The van der Waals surface area contributed by atoms with Gasteiger partial charge in [0.25, 0.3) is 0 Å². The van der Waals surface area contributed by atoms with Gasteiger partial charge in [-0.15, -0.1) is 0 Å². The van der Waals surface area contributed by atoms with Gasteiger partial charge in [0.1, 0.15) is 5.75 Å². The van der Waals surface area contributed by atoms with E-state index in [0.717, 1.165) is 18.6 Å². The molecule has 112 valence electrons. The van der Waals surface area contributed by atoms with Crippen molar-refractivity contribution in [1.29, 1.82) is 0 Å². The maximum atomic E-state index is 5.76. The summed E-state index contributed by atoms with van der Waals surface area (Å²) in [5.41, 5.74) is 8.01. The molecule has 2 aromatic carbocycles. The molecule has 0 fully saturated rings. The van der Waals surface area contributed by atoms with Crippen LogP contribution in [0.15, 0.2) is 42.5 Å². The molecule has 0 aliphatic carbocycles. The van der Waals surface area contributed by atoms with E-state index in [1.165, 1.54) is 22.3 Å². The van der Waals surface area contributed by atoms with Crippen molar-refractivity contribution in [2.24, 2.45) is 5.84 Å². The molecule has 0 saturated heterocycles. The molecule has 0 amide bonds.